The third-order valence-corrected chi connectivity index (χ3v) is 4.63. The van der Waals surface area contributed by atoms with E-state index in [1.165, 1.54) is 6.07 Å². The molecule has 0 unspecified atom stereocenters. The molecular weight excluding hydrogens is 443 g/mol. The minimum absolute atomic E-state index is 0. The monoisotopic (exact) mass is 470 g/mol. The van der Waals surface area contributed by atoms with Gasteiger partial charge in [0.25, 0.3) is 11.8 Å². The van der Waals surface area contributed by atoms with Crippen molar-refractivity contribution in [3.05, 3.63) is 53.9 Å². The van der Waals surface area contributed by atoms with Crippen molar-refractivity contribution in [1.29, 1.82) is 5.41 Å². The van der Waals surface area contributed by atoms with Gasteiger partial charge in [0.1, 0.15) is 0 Å². The van der Waals surface area contributed by atoms with Gasteiger partial charge in [0.2, 0.25) is 0 Å². The number of rotatable bonds is 7. The van der Waals surface area contributed by atoms with Gasteiger partial charge in [-0.1, -0.05) is 0 Å². The molecule has 31 heavy (non-hydrogen) atoms. The van der Waals surface area contributed by atoms with Gasteiger partial charge in [0.15, 0.2) is 5.96 Å². The molecule has 1 aromatic heterocycles. The number of nitrogens with one attached hydrogen (secondary N) is 3. The lowest BCUT2D eigenvalue weighted by Crippen LogP contribution is -2.38. The topological polar surface area (TPSA) is 125 Å². The van der Waals surface area contributed by atoms with Gasteiger partial charge < -0.3 is 20.4 Å². The smallest absolute Gasteiger partial charge is 0.258 e. The van der Waals surface area contributed by atoms with Crippen molar-refractivity contribution >= 4 is 42.6 Å². The summed E-state index contributed by atoms with van der Waals surface area (Å²) < 4.78 is 7.14. The number of amides is 2. The van der Waals surface area contributed by atoms with Crippen LogP contribution in [0, 0.1) is 5.41 Å². The second kappa shape index (κ2) is 13.0. The first-order valence-corrected chi connectivity index (χ1v) is 9.55. The number of hydrogen-bond donors (Lipinski definition) is 4. The molecule has 0 atom stereocenters. The van der Waals surface area contributed by atoms with Gasteiger partial charge in [-0.15, -0.1) is 24.8 Å². The molecule has 170 valence electrons. The first-order chi connectivity index (χ1) is 14.0. The predicted octanol–water partition coefficient (Wildman–Crippen LogP) is 1.40. The average Bonchev–Trinajstić information content (AvgIpc) is 3.26. The first-order valence-electron chi connectivity index (χ1n) is 9.55. The highest BCUT2D eigenvalue weighted by molar-refractivity contribution is 6.06. The minimum Gasteiger partial charge on any atom is -0.379 e. The summed E-state index contributed by atoms with van der Waals surface area (Å²) in [5.74, 6) is -1.23. The fourth-order valence-electron chi connectivity index (χ4n) is 3.15. The summed E-state index contributed by atoms with van der Waals surface area (Å²) in [6.07, 6.45) is 4.48. The number of carbonyl (C=O) groups excluding carboxylic acids is 2. The van der Waals surface area contributed by atoms with E-state index in [9.17, 15) is 9.59 Å². The van der Waals surface area contributed by atoms with Crippen LogP contribution in [-0.4, -0.2) is 66.6 Å². The van der Waals surface area contributed by atoms with Gasteiger partial charge >= 0.3 is 0 Å². The number of guanidine groups is 1. The van der Waals surface area contributed by atoms with Crippen LogP contribution < -0.4 is 16.4 Å². The number of nitrogens with two attached hydrogens (primary N) is 1. The molecular formula is C20H28Cl2N6O3. The molecule has 0 spiro atoms. The molecule has 2 aromatic rings. The molecule has 5 N–H and O–H groups in total. The normalized spacial score (nSPS) is 13.4. The second-order valence-corrected chi connectivity index (χ2v) is 6.79. The van der Waals surface area contributed by atoms with Crippen LogP contribution in [0.25, 0.3) is 5.69 Å². The molecule has 9 nitrogen and oxygen atoms in total. The molecule has 1 aromatic carbocycles. The highest BCUT2D eigenvalue weighted by atomic mass is 35.5. The van der Waals surface area contributed by atoms with Gasteiger partial charge in [0, 0.05) is 48.8 Å². The molecule has 0 bridgehead atoms. The van der Waals surface area contributed by atoms with Crippen molar-refractivity contribution in [2.45, 2.75) is 6.42 Å². The molecule has 2 heterocycles. The molecule has 2 amide bonds. The third-order valence-electron chi connectivity index (χ3n) is 4.63. The van der Waals surface area contributed by atoms with E-state index in [0.29, 0.717) is 17.8 Å². The number of carbonyl (C=O) groups is 2. The quantitative estimate of drug-likeness (QED) is 0.276. The zero-order valence-corrected chi connectivity index (χ0v) is 18.6. The Labute approximate surface area is 193 Å². The summed E-state index contributed by atoms with van der Waals surface area (Å²) in [5.41, 5.74) is 6.56. The van der Waals surface area contributed by atoms with Crippen LogP contribution in [-0.2, 0) is 4.74 Å². The van der Waals surface area contributed by atoms with E-state index in [1.807, 2.05) is 24.5 Å². The predicted molar refractivity (Wildman–Crippen MR) is 124 cm³/mol. The molecule has 1 aliphatic rings. The molecule has 0 saturated carbocycles. The summed E-state index contributed by atoms with van der Waals surface area (Å²) in [4.78, 5) is 27.3. The zero-order valence-electron chi connectivity index (χ0n) is 17.0. The highest BCUT2D eigenvalue weighted by Gasteiger charge is 2.15. The van der Waals surface area contributed by atoms with Crippen LogP contribution >= 0.6 is 24.8 Å². The maximum absolute atomic E-state index is 12.7. The maximum atomic E-state index is 12.7. The number of morpholine rings is 1. The van der Waals surface area contributed by atoms with E-state index in [-0.39, 0.29) is 36.3 Å². The Kier molecular flexibility index (Phi) is 11.1. The van der Waals surface area contributed by atoms with E-state index < -0.39 is 11.9 Å². The Hall–Kier alpha value is -2.59. The van der Waals surface area contributed by atoms with Crippen molar-refractivity contribution in [2.75, 3.05) is 39.4 Å². The van der Waals surface area contributed by atoms with E-state index >= 15 is 0 Å². The van der Waals surface area contributed by atoms with Crippen LogP contribution in [0.15, 0.2) is 42.7 Å². The van der Waals surface area contributed by atoms with Gasteiger partial charge in [-0.25, -0.2) is 0 Å². The van der Waals surface area contributed by atoms with Gasteiger partial charge in [0.05, 0.1) is 13.2 Å². The number of halogens is 2. The molecule has 3 rings (SSSR count). The van der Waals surface area contributed by atoms with Crippen LogP contribution in [0.2, 0.25) is 0 Å². The summed E-state index contributed by atoms with van der Waals surface area (Å²) >= 11 is 0. The molecule has 11 heteroatoms. The van der Waals surface area contributed by atoms with Crippen LogP contribution in [0.5, 0.6) is 0 Å². The fourth-order valence-corrected chi connectivity index (χ4v) is 3.15. The molecule has 1 fully saturated rings. The zero-order chi connectivity index (χ0) is 20.6. The SMILES string of the molecule is Cl.Cl.N=C(N)NC(=O)c1cc(C(=O)NCCCN2CCOCC2)cc(-n2cccc2)c1. The Balaban J connectivity index is 0.00000240. The Morgan fingerprint density at radius 1 is 1.03 bits per heavy atom. The van der Waals surface area contributed by atoms with Gasteiger partial charge in [-0.05, 0) is 43.3 Å². The van der Waals surface area contributed by atoms with E-state index in [4.69, 9.17) is 15.9 Å². The Morgan fingerprint density at radius 3 is 2.26 bits per heavy atom. The molecule has 1 aliphatic heterocycles. The summed E-state index contributed by atoms with van der Waals surface area (Å²) in [5, 5.41) is 12.4. The lowest BCUT2D eigenvalue weighted by atomic mass is 10.1. The first kappa shape index (κ1) is 26.4. The molecule has 0 aliphatic carbocycles. The van der Waals surface area contributed by atoms with E-state index in [1.54, 1.807) is 16.7 Å². The molecule has 1 saturated heterocycles. The van der Waals surface area contributed by atoms with Crippen molar-refractivity contribution in [3.8, 4) is 5.69 Å². The van der Waals surface area contributed by atoms with Crippen molar-refractivity contribution in [1.82, 2.24) is 20.1 Å². The standard InChI is InChI=1S/C20H26N6O3.2ClH/c21-20(22)24-19(28)16-12-15(13-17(14-16)26-6-1-2-7-26)18(27)23-4-3-5-25-8-10-29-11-9-25;;/h1-2,6-7,12-14H,3-5,8-11H2,(H,23,27)(H4,21,22,24,28);2*1H. The van der Waals surface area contributed by atoms with Crippen LogP contribution in [0.1, 0.15) is 27.1 Å². The second-order valence-electron chi connectivity index (χ2n) is 6.79. The fraction of sp³-hybridized carbons (Fsp3) is 0.350. The maximum Gasteiger partial charge on any atom is 0.258 e. The number of hydrogen-bond acceptors (Lipinski definition) is 5. The van der Waals surface area contributed by atoms with Gasteiger partial charge in [-0.2, -0.15) is 0 Å². The third kappa shape index (κ3) is 7.87. The van der Waals surface area contributed by atoms with Crippen molar-refractivity contribution < 1.29 is 14.3 Å². The average molecular weight is 471 g/mol. The Morgan fingerprint density at radius 2 is 1.65 bits per heavy atom. The van der Waals surface area contributed by atoms with E-state index in [2.05, 4.69) is 15.5 Å². The van der Waals surface area contributed by atoms with Crippen LogP contribution in [0.4, 0.5) is 0 Å². The van der Waals surface area contributed by atoms with Crippen molar-refractivity contribution in [3.63, 3.8) is 0 Å². The van der Waals surface area contributed by atoms with Gasteiger partial charge in [-0.3, -0.25) is 25.2 Å². The minimum atomic E-state index is -0.534. The number of benzene rings is 1. The van der Waals surface area contributed by atoms with E-state index in [0.717, 1.165) is 39.3 Å². The summed E-state index contributed by atoms with van der Waals surface area (Å²) in [6.45, 7) is 4.79. The molecule has 0 radical (unpaired) electrons. The lowest BCUT2D eigenvalue weighted by molar-refractivity contribution is 0.0374. The largest absolute Gasteiger partial charge is 0.379 e. The number of aromatic nitrogens is 1. The summed E-state index contributed by atoms with van der Waals surface area (Å²) in [6, 6.07) is 8.58. The van der Waals surface area contributed by atoms with Crippen molar-refractivity contribution in [2.24, 2.45) is 5.73 Å². The lowest BCUT2D eigenvalue weighted by Gasteiger charge is -2.26. The number of ether oxygens (including phenoxy) is 1. The number of nitrogens with zero attached hydrogens (tertiary/aromatic N) is 2. The highest BCUT2D eigenvalue weighted by Crippen LogP contribution is 2.15. The van der Waals surface area contributed by atoms with Crippen LogP contribution in [0.3, 0.4) is 0 Å². The Bertz CT molecular complexity index is 870. The summed E-state index contributed by atoms with van der Waals surface area (Å²) in [7, 11) is 0.